The van der Waals surface area contributed by atoms with Gasteiger partial charge in [0.1, 0.15) is 5.00 Å². The predicted molar refractivity (Wildman–Crippen MR) is 64.0 cm³/mol. The second-order valence-corrected chi connectivity index (χ2v) is 4.34. The maximum Gasteiger partial charge on any atom is 0.341 e. The number of hydrogen-bond acceptors (Lipinski definition) is 5. The molecule has 0 spiro atoms. The van der Waals surface area contributed by atoms with Crippen LogP contribution in [-0.2, 0) is 4.74 Å². The summed E-state index contributed by atoms with van der Waals surface area (Å²) < 4.78 is 4.89. The van der Waals surface area contributed by atoms with Gasteiger partial charge in [-0.05, 0) is 19.4 Å². The van der Waals surface area contributed by atoms with E-state index in [1.165, 1.54) is 0 Å². The van der Waals surface area contributed by atoms with Gasteiger partial charge in [-0.15, -0.1) is 11.3 Å². The molecule has 0 aromatic carbocycles. The van der Waals surface area contributed by atoms with E-state index in [9.17, 15) is 9.59 Å². The van der Waals surface area contributed by atoms with Crippen LogP contribution in [-0.4, -0.2) is 18.4 Å². The van der Waals surface area contributed by atoms with Gasteiger partial charge < -0.3 is 10.5 Å². The van der Waals surface area contributed by atoms with Crippen molar-refractivity contribution in [2.45, 2.75) is 27.2 Å². The minimum absolute atomic E-state index is 0.00440. The summed E-state index contributed by atoms with van der Waals surface area (Å²) in [5, 5.41) is 0.354. The van der Waals surface area contributed by atoms with Crippen molar-refractivity contribution in [3.05, 3.63) is 16.0 Å². The number of nitrogens with two attached hydrogens (primary N) is 1. The van der Waals surface area contributed by atoms with E-state index < -0.39 is 5.97 Å². The molecule has 0 atom stereocenters. The van der Waals surface area contributed by atoms with Gasteiger partial charge in [0.25, 0.3) is 0 Å². The van der Waals surface area contributed by atoms with Crippen molar-refractivity contribution >= 4 is 28.1 Å². The number of nitrogen functional groups attached to an aromatic ring is 1. The summed E-state index contributed by atoms with van der Waals surface area (Å²) in [4.78, 5) is 23.7. The standard InChI is InChI=1S/C11H15NO3S/c1-4-7(13)9-6(3)8(10(12)16-9)11(14)15-5-2/h4-5,12H2,1-3H3. The summed E-state index contributed by atoms with van der Waals surface area (Å²) in [5.41, 5.74) is 6.70. The molecule has 2 N–H and O–H groups in total. The van der Waals surface area contributed by atoms with E-state index in [0.29, 0.717) is 34.0 Å². The van der Waals surface area contributed by atoms with E-state index in [1.807, 2.05) is 0 Å². The molecule has 0 aliphatic carbocycles. The van der Waals surface area contributed by atoms with Gasteiger partial charge >= 0.3 is 5.97 Å². The first-order valence-corrected chi connectivity index (χ1v) is 5.93. The SMILES string of the molecule is CCOC(=O)c1c(N)sc(C(=O)CC)c1C. The fourth-order valence-electron chi connectivity index (χ4n) is 1.42. The minimum Gasteiger partial charge on any atom is -0.462 e. The molecule has 1 heterocycles. The molecule has 0 amide bonds. The fraction of sp³-hybridized carbons (Fsp3) is 0.455. The van der Waals surface area contributed by atoms with Gasteiger partial charge in [0, 0.05) is 6.42 Å². The van der Waals surface area contributed by atoms with Crippen LogP contribution < -0.4 is 5.73 Å². The highest BCUT2D eigenvalue weighted by molar-refractivity contribution is 7.18. The number of carbonyl (C=O) groups excluding carboxylic acids is 2. The molecule has 0 unspecified atom stereocenters. The molecule has 0 saturated heterocycles. The normalized spacial score (nSPS) is 10.2. The molecule has 0 saturated carbocycles. The Morgan fingerprint density at radius 1 is 1.38 bits per heavy atom. The highest BCUT2D eigenvalue weighted by Crippen LogP contribution is 2.31. The third-order valence-electron chi connectivity index (χ3n) is 2.23. The molecule has 16 heavy (non-hydrogen) atoms. The number of thiophene rings is 1. The van der Waals surface area contributed by atoms with Crippen molar-refractivity contribution < 1.29 is 14.3 Å². The van der Waals surface area contributed by atoms with Gasteiger partial charge in [-0.3, -0.25) is 4.79 Å². The summed E-state index contributed by atoms with van der Waals surface area (Å²) >= 11 is 1.16. The van der Waals surface area contributed by atoms with E-state index in [1.54, 1.807) is 20.8 Å². The van der Waals surface area contributed by atoms with E-state index in [4.69, 9.17) is 10.5 Å². The Labute approximate surface area is 98.4 Å². The van der Waals surface area contributed by atoms with Crippen molar-refractivity contribution in [3.8, 4) is 0 Å². The maximum absolute atomic E-state index is 11.6. The van der Waals surface area contributed by atoms with Gasteiger partial charge in [-0.1, -0.05) is 6.92 Å². The van der Waals surface area contributed by atoms with Crippen LogP contribution in [0.25, 0.3) is 0 Å². The van der Waals surface area contributed by atoms with Crippen LogP contribution in [0.4, 0.5) is 5.00 Å². The molecular formula is C11H15NO3S. The summed E-state index contributed by atoms with van der Waals surface area (Å²) in [5.74, 6) is -0.450. The predicted octanol–water partition coefficient (Wildman–Crippen LogP) is 2.41. The average Bonchev–Trinajstić information content (AvgIpc) is 2.53. The van der Waals surface area contributed by atoms with E-state index in [2.05, 4.69) is 0 Å². The quantitative estimate of drug-likeness (QED) is 0.649. The number of esters is 1. The molecule has 1 rings (SSSR count). The summed E-state index contributed by atoms with van der Waals surface area (Å²) in [7, 11) is 0. The number of ether oxygens (including phenoxy) is 1. The zero-order valence-electron chi connectivity index (χ0n) is 9.62. The third kappa shape index (κ3) is 2.24. The van der Waals surface area contributed by atoms with Gasteiger partial charge in [-0.2, -0.15) is 0 Å². The second-order valence-electron chi connectivity index (χ2n) is 3.29. The lowest BCUT2D eigenvalue weighted by atomic mass is 10.1. The Balaban J connectivity index is 3.17. The van der Waals surface area contributed by atoms with E-state index >= 15 is 0 Å². The van der Waals surface area contributed by atoms with Gasteiger partial charge in [-0.25, -0.2) is 4.79 Å². The fourth-order valence-corrected chi connectivity index (χ4v) is 2.49. The van der Waals surface area contributed by atoms with Crippen molar-refractivity contribution in [2.24, 2.45) is 0 Å². The molecule has 4 nitrogen and oxygen atoms in total. The molecule has 0 bridgehead atoms. The maximum atomic E-state index is 11.6. The molecule has 1 aromatic heterocycles. The molecule has 88 valence electrons. The Morgan fingerprint density at radius 3 is 2.50 bits per heavy atom. The van der Waals surface area contributed by atoms with Crippen molar-refractivity contribution in [1.82, 2.24) is 0 Å². The largest absolute Gasteiger partial charge is 0.462 e. The van der Waals surface area contributed by atoms with Gasteiger partial charge in [0.2, 0.25) is 0 Å². The molecule has 0 fully saturated rings. The molecule has 1 aromatic rings. The van der Waals surface area contributed by atoms with Gasteiger partial charge in [0.05, 0.1) is 17.0 Å². The molecule has 0 aliphatic heterocycles. The first kappa shape index (κ1) is 12.7. The van der Waals surface area contributed by atoms with Crippen LogP contribution in [0.5, 0.6) is 0 Å². The van der Waals surface area contributed by atoms with E-state index in [0.717, 1.165) is 11.3 Å². The lowest BCUT2D eigenvalue weighted by Crippen LogP contribution is -2.08. The first-order chi connectivity index (χ1) is 7.52. The second kappa shape index (κ2) is 5.12. The molecule has 0 aliphatic rings. The number of hydrogen-bond donors (Lipinski definition) is 1. The molecule has 5 heteroatoms. The third-order valence-corrected chi connectivity index (χ3v) is 3.39. The van der Waals surface area contributed by atoms with Crippen LogP contribution >= 0.6 is 11.3 Å². The zero-order chi connectivity index (χ0) is 12.3. The number of anilines is 1. The number of carbonyl (C=O) groups is 2. The van der Waals surface area contributed by atoms with E-state index in [-0.39, 0.29) is 5.78 Å². The van der Waals surface area contributed by atoms with Crippen molar-refractivity contribution in [2.75, 3.05) is 12.3 Å². The molecule has 0 radical (unpaired) electrons. The highest BCUT2D eigenvalue weighted by atomic mass is 32.1. The van der Waals surface area contributed by atoms with Crippen LogP contribution in [0.2, 0.25) is 0 Å². The monoisotopic (exact) mass is 241 g/mol. The zero-order valence-corrected chi connectivity index (χ0v) is 10.4. The smallest absolute Gasteiger partial charge is 0.341 e. The van der Waals surface area contributed by atoms with Crippen molar-refractivity contribution in [3.63, 3.8) is 0 Å². The Kier molecular flexibility index (Phi) is 4.06. The van der Waals surface area contributed by atoms with Crippen molar-refractivity contribution in [1.29, 1.82) is 0 Å². The van der Waals surface area contributed by atoms with Gasteiger partial charge in [0.15, 0.2) is 5.78 Å². The lowest BCUT2D eigenvalue weighted by molar-refractivity contribution is 0.0527. The van der Waals surface area contributed by atoms with Crippen LogP contribution in [0.3, 0.4) is 0 Å². The first-order valence-electron chi connectivity index (χ1n) is 5.12. The molecular weight excluding hydrogens is 226 g/mol. The Morgan fingerprint density at radius 2 is 2.00 bits per heavy atom. The Bertz CT molecular complexity index is 423. The van der Waals surface area contributed by atoms with Crippen LogP contribution in [0.1, 0.15) is 45.9 Å². The average molecular weight is 241 g/mol. The van der Waals surface area contributed by atoms with Crippen LogP contribution in [0.15, 0.2) is 0 Å². The van der Waals surface area contributed by atoms with Crippen LogP contribution in [0, 0.1) is 6.92 Å². The Hall–Kier alpha value is -1.36. The summed E-state index contributed by atoms with van der Waals surface area (Å²) in [6.45, 7) is 5.53. The number of Topliss-reactive ketones (excluding diaryl/α,β-unsaturated/α-hetero) is 1. The lowest BCUT2D eigenvalue weighted by Gasteiger charge is -2.02. The topological polar surface area (TPSA) is 69.4 Å². The summed E-state index contributed by atoms with van der Waals surface area (Å²) in [6.07, 6.45) is 0.406. The summed E-state index contributed by atoms with van der Waals surface area (Å²) in [6, 6.07) is 0. The number of ketones is 1. The minimum atomic E-state index is -0.455. The number of rotatable bonds is 4. The highest BCUT2D eigenvalue weighted by Gasteiger charge is 2.22.